The molecule has 2 aromatic rings. The number of phenols is 1. The van der Waals surface area contributed by atoms with Crippen molar-refractivity contribution in [2.75, 3.05) is 7.05 Å². The largest absolute Gasteiger partial charge is 0.503 e. The molecule has 2 N–H and O–H groups in total. The topological polar surface area (TPSA) is 52.6 Å². The molecule has 0 aromatic heterocycles. The van der Waals surface area contributed by atoms with Crippen LogP contribution in [0.2, 0.25) is 0 Å². The van der Waals surface area contributed by atoms with Crippen molar-refractivity contribution in [1.82, 2.24) is 10.2 Å². The van der Waals surface area contributed by atoms with Crippen LogP contribution in [0.5, 0.6) is 5.75 Å². The van der Waals surface area contributed by atoms with Crippen LogP contribution in [0.15, 0.2) is 54.2 Å². The van der Waals surface area contributed by atoms with Crippen LogP contribution in [-0.4, -0.2) is 29.1 Å². The Labute approximate surface area is 143 Å². The second-order valence-corrected chi connectivity index (χ2v) is 5.67. The summed E-state index contributed by atoms with van der Waals surface area (Å²) >= 11 is 0. The van der Waals surface area contributed by atoms with Gasteiger partial charge in [0.1, 0.15) is 11.9 Å². The predicted molar refractivity (Wildman–Crippen MR) is 91.2 cm³/mol. The van der Waals surface area contributed by atoms with E-state index < -0.39 is 17.4 Å². The summed E-state index contributed by atoms with van der Waals surface area (Å²) in [6, 6.07) is 11.5. The van der Waals surface area contributed by atoms with Crippen LogP contribution in [0.25, 0.3) is 12.2 Å². The van der Waals surface area contributed by atoms with Crippen molar-refractivity contribution >= 4 is 18.1 Å². The molecule has 1 aliphatic heterocycles. The number of carbonyl (C=O) groups excluding carboxylic acids is 1. The second kappa shape index (κ2) is 6.76. The lowest BCUT2D eigenvalue weighted by Gasteiger charge is -2.14. The van der Waals surface area contributed by atoms with Gasteiger partial charge in [-0.2, -0.15) is 0 Å². The molecule has 0 bridgehead atoms. The number of halogens is 2. The highest BCUT2D eigenvalue weighted by Gasteiger charge is 2.30. The Kier molecular flexibility index (Phi) is 4.52. The number of amides is 1. The molecule has 0 saturated carbocycles. The highest BCUT2D eigenvalue weighted by atomic mass is 19.1. The van der Waals surface area contributed by atoms with Crippen molar-refractivity contribution in [3.05, 3.63) is 77.0 Å². The maximum absolute atomic E-state index is 13.4. The summed E-state index contributed by atoms with van der Waals surface area (Å²) in [6.45, 7) is 0. The maximum Gasteiger partial charge on any atom is 0.271 e. The van der Waals surface area contributed by atoms with Crippen LogP contribution in [0, 0.1) is 11.6 Å². The summed E-state index contributed by atoms with van der Waals surface area (Å²) in [7, 11) is 1.63. The van der Waals surface area contributed by atoms with Crippen molar-refractivity contribution in [1.29, 1.82) is 0 Å². The van der Waals surface area contributed by atoms with Gasteiger partial charge >= 0.3 is 0 Å². The van der Waals surface area contributed by atoms with Gasteiger partial charge in [0.2, 0.25) is 0 Å². The van der Waals surface area contributed by atoms with Gasteiger partial charge in [0.15, 0.2) is 17.4 Å². The van der Waals surface area contributed by atoms with E-state index in [1.54, 1.807) is 7.05 Å². The van der Waals surface area contributed by atoms with Crippen LogP contribution in [0.1, 0.15) is 11.1 Å². The van der Waals surface area contributed by atoms with Crippen molar-refractivity contribution in [2.24, 2.45) is 0 Å². The van der Waals surface area contributed by atoms with Crippen LogP contribution < -0.4 is 5.32 Å². The van der Waals surface area contributed by atoms with Crippen LogP contribution in [0.4, 0.5) is 8.78 Å². The molecule has 2 aromatic carbocycles. The number of benzene rings is 2. The number of hydrogen-bond donors (Lipinski definition) is 2. The van der Waals surface area contributed by atoms with Gasteiger partial charge in [-0.1, -0.05) is 36.4 Å². The smallest absolute Gasteiger partial charge is 0.271 e. The Morgan fingerprint density at radius 3 is 2.40 bits per heavy atom. The molecule has 1 heterocycles. The molecule has 1 amide bonds. The third-order valence-corrected chi connectivity index (χ3v) is 3.89. The first kappa shape index (κ1) is 16.7. The molecule has 25 heavy (non-hydrogen) atoms. The average molecular weight is 342 g/mol. The van der Waals surface area contributed by atoms with Gasteiger partial charge in [0.25, 0.3) is 5.91 Å². The fourth-order valence-electron chi connectivity index (χ4n) is 2.52. The first-order chi connectivity index (χ1) is 12.0. The van der Waals surface area contributed by atoms with Crippen molar-refractivity contribution in [3.8, 4) is 5.75 Å². The van der Waals surface area contributed by atoms with Crippen molar-refractivity contribution in [3.63, 3.8) is 0 Å². The van der Waals surface area contributed by atoms with Gasteiger partial charge < -0.3 is 15.3 Å². The molecule has 1 unspecified atom stereocenters. The molecule has 4 nitrogen and oxygen atoms in total. The number of nitrogens with zero attached hydrogens (tertiary/aromatic N) is 1. The minimum atomic E-state index is -1.08. The van der Waals surface area contributed by atoms with Gasteiger partial charge in [-0.3, -0.25) is 4.79 Å². The number of likely N-dealkylation sites (N-methyl/N-ethyl adjacent to an activating group) is 1. The predicted octanol–water partition coefficient (Wildman–Crippen LogP) is 3.11. The zero-order valence-corrected chi connectivity index (χ0v) is 13.4. The maximum atomic E-state index is 13.4. The van der Waals surface area contributed by atoms with Gasteiger partial charge in [-0.25, -0.2) is 8.78 Å². The fraction of sp³-hybridized carbons (Fsp3) is 0.105. The van der Waals surface area contributed by atoms with E-state index in [1.807, 2.05) is 42.5 Å². The Hall–Kier alpha value is -3.15. The second-order valence-electron chi connectivity index (χ2n) is 5.67. The summed E-state index contributed by atoms with van der Waals surface area (Å²) in [5.74, 6) is -3.48. The third-order valence-electron chi connectivity index (χ3n) is 3.89. The number of rotatable bonds is 3. The van der Waals surface area contributed by atoms with Gasteiger partial charge in [-0.05, 0) is 35.4 Å². The van der Waals surface area contributed by atoms with E-state index in [2.05, 4.69) is 5.32 Å². The van der Waals surface area contributed by atoms with Crippen molar-refractivity contribution < 1.29 is 18.7 Å². The standard InChI is InChI=1S/C19H16F2N2O2/c1-23-17(8-7-12-5-3-2-4-6-12)22-16(19(23)25)11-13-9-14(20)18(24)15(21)10-13/h2-11,17,22,24H,1H3/b8-7+,16-11-. The Bertz CT molecular complexity index is 840. The van der Waals surface area contributed by atoms with Gasteiger partial charge in [0, 0.05) is 7.05 Å². The van der Waals surface area contributed by atoms with Crippen LogP contribution in [-0.2, 0) is 4.79 Å². The molecule has 0 aliphatic carbocycles. The lowest BCUT2D eigenvalue weighted by atomic mass is 10.1. The summed E-state index contributed by atoms with van der Waals surface area (Å²) in [6.07, 6.45) is 4.68. The molecule has 128 valence electrons. The average Bonchev–Trinajstić information content (AvgIpc) is 2.86. The lowest BCUT2D eigenvalue weighted by molar-refractivity contribution is -0.124. The molecule has 1 fully saturated rings. The molecule has 1 atom stereocenters. The van der Waals surface area contributed by atoms with E-state index in [0.29, 0.717) is 0 Å². The molecule has 1 aliphatic rings. The highest BCUT2D eigenvalue weighted by Crippen LogP contribution is 2.24. The summed E-state index contributed by atoms with van der Waals surface area (Å²) in [5.41, 5.74) is 1.35. The highest BCUT2D eigenvalue weighted by molar-refractivity contribution is 5.99. The Morgan fingerprint density at radius 1 is 1.12 bits per heavy atom. The molecule has 0 radical (unpaired) electrons. The lowest BCUT2D eigenvalue weighted by Crippen LogP contribution is -2.31. The molecular formula is C19H16F2N2O2. The zero-order valence-electron chi connectivity index (χ0n) is 13.4. The SMILES string of the molecule is CN1C(=O)/C(=C/c2cc(F)c(O)c(F)c2)NC1/C=C/c1ccccc1. The van der Waals surface area contributed by atoms with E-state index in [4.69, 9.17) is 5.11 Å². The van der Waals surface area contributed by atoms with E-state index in [9.17, 15) is 13.6 Å². The zero-order chi connectivity index (χ0) is 18.0. The minimum absolute atomic E-state index is 0.143. The monoisotopic (exact) mass is 342 g/mol. The fourth-order valence-corrected chi connectivity index (χ4v) is 2.52. The first-order valence-electron chi connectivity index (χ1n) is 7.62. The van der Waals surface area contributed by atoms with Gasteiger partial charge in [0.05, 0.1) is 0 Å². The molecular weight excluding hydrogens is 326 g/mol. The normalized spacial score (nSPS) is 19.0. The number of hydrogen-bond acceptors (Lipinski definition) is 3. The molecule has 6 heteroatoms. The van der Waals surface area contributed by atoms with Crippen LogP contribution >= 0.6 is 0 Å². The quantitative estimate of drug-likeness (QED) is 0.843. The first-order valence-corrected chi connectivity index (χ1v) is 7.62. The van der Waals surface area contributed by atoms with Gasteiger partial charge in [-0.15, -0.1) is 0 Å². The summed E-state index contributed by atoms with van der Waals surface area (Å²) < 4.78 is 26.9. The van der Waals surface area contributed by atoms with E-state index >= 15 is 0 Å². The number of phenolic OH excluding ortho intramolecular Hbond substituents is 1. The van der Waals surface area contributed by atoms with E-state index in [1.165, 1.54) is 11.0 Å². The van der Waals surface area contributed by atoms with Crippen molar-refractivity contribution in [2.45, 2.75) is 6.17 Å². The summed E-state index contributed by atoms with van der Waals surface area (Å²) in [5, 5.41) is 12.1. The number of aromatic hydroxyl groups is 1. The van der Waals surface area contributed by atoms with E-state index in [-0.39, 0.29) is 23.3 Å². The molecule has 3 rings (SSSR count). The Morgan fingerprint density at radius 2 is 1.76 bits per heavy atom. The van der Waals surface area contributed by atoms with Crippen LogP contribution in [0.3, 0.4) is 0 Å². The number of nitrogens with one attached hydrogen (secondary N) is 1. The molecule has 0 spiro atoms. The van der Waals surface area contributed by atoms with E-state index in [0.717, 1.165) is 17.7 Å². The third kappa shape index (κ3) is 3.52. The number of carbonyl (C=O) groups is 1. The summed E-state index contributed by atoms with van der Waals surface area (Å²) in [4.78, 5) is 13.8. The Balaban J connectivity index is 1.82. The minimum Gasteiger partial charge on any atom is -0.503 e. The molecule has 1 saturated heterocycles.